The van der Waals surface area contributed by atoms with E-state index < -0.39 is 5.97 Å². The second-order valence-corrected chi connectivity index (χ2v) is 7.61. The Morgan fingerprint density at radius 2 is 1.65 bits per heavy atom. The Balaban J connectivity index is 2.31. The first-order valence-corrected chi connectivity index (χ1v) is 8.66. The summed E-state index contributed by atoms with van der Waals surface area (Å²) in [5.74, 6) is -1.00. The number of aromatic nitrogens is 1. The maximum absolute atomic E-state index is 12.8. The van der Waals surface area contributed by atoms with Crippen molar-refractivity contribution in [2.45, 2.75) is 39.5 Å². The molecule has 3 rings (SSSR count). The van der Waals surface area contributed by atoms with Gasteiger partial charge in [0, 0.05) is 22.3 Å². The fraction of sp³-hybridized carbons (Fsp3) is 0.273. The van der Waals surface area contributed by atoms with Gasteiger partial charge in [-0.1, -0.05) is 45.0 Å². The molecule has 1 N–H and O–H groups in total. The van der Waals surface area contributed by atoms with Gasteiger partial charge in [-0.05, 0) is 42.2 Å². The summed E-state index contributed by atoms with van der Waals surface area (Å²) in [7, 11) is 0. The molecule has 0 aliphatic carbocycles. The largest absolute Gasteiger partial charge is 0.481 e. The van der Waals surface area contributed by atoms with Crippen LogP contribution in [0.15, 0.2) is 53.3 Å². The van der Waals surface area contributed by atoms with Crippen LogP contribution >= 0.6 is 0 Å². The number of nitrogens with zero attached hydrogens (tertiary/aromatic N) is 1. The predicted octanol–water partition coefficient (Wildman–Crippen LogP) is 4.22. The lowest BCUT2D eigenvalue weighted by molar-refractivity contribution is -0.136. The summed E-state index contributed by atoms with van der Waals surface area (Å²) < 4.78 is 1.97. The van der Waals surface area contributed by atoms with Gasteiger partial charge in [-0.25, -0.2) is 0 Å². The fourth-order valence-electron chi connectivity index (χ4n) is 3.31. The van der Waals surface area contributed by atoms with Crippen LogP contribution in [-0.2, 0) is 16.6 Å². The number of fused-ring (bicyclic) bond motifs is 1. The van der Waals surface area contributed by atoms with E-state index in [-0.39, 0.29) is 17.3 Å². The average Bonchev–Trinajstić information content (AvgIpc) is 2.58. The number of carboxylic acid groups (broad SMARTS) is 1. The molecular weight excluding hydrogens is 326 g/mol. The van der Waals surface area contributed by atoms with Crippen molar-refractivity contribution < 1.29 is 9.90 Å². The molecule has 0 bridgehead atoms. The molecule has 0 unspecified atom stereocenters. The molecule has 0 saturated carbocycles. The topological polar surface area (TPSA) is 59.3 Å². The third kappa shape index (κ3) is 3.15. The van der Waals surface area contributed by atoms with Gasteiger partial charge in [-0.2, -0.15) is 0 Å². The van der Waals surface area contributed by atoms with Gasteiger partial charge in [-0.15, -0.1) is 0 Å². The van der Waals surface area contributed by atoms with E-state index in [1.165, 1.54) is 5.56 Å². The zero-order valence-corrected chi connectivity index (χ0v) is 15.5. The summed E-state index contributed by atoms with van der Waals surface area (Å²) in [6, 6.07) is 15.5. The molecule has 26 heavy (non-hydrogen) atoms. The van der Waals surface area contributed by atoms with E-state index in [9.17, 15) is 14.7 Å². The number of carboxylic acids is 1. The molecule has 4 nitrogen and oxygen atoms in total. The maximum Gasteiger partial charge on any atom is 0.308 e. The van der Waals surface area contributed by atoms with E-state index in [0.29, 0.717) is 16.6 Å². The van der Waals surface area contributed by atoms with Crippen LogP contribution in [0.25, 0.3) is 16.6 Å². The first-order valence-electron chi connectivity index (χ1n) is 8.66. The highest BCUT2D eigenvalue weighted by molar-refractivity contribution is 5.83. The minimum atomic E-state index is -1.00. The minimum Gasteiger partial charge on any atom is -0.481 e. The van der Waals surface area contributed by atoms with Crippen LogP contribution in [0.3, 0.4) is 0 Å². The number of aliphatic carboxylic acids is 1. The molecule has 0 aliphatic rings. The zero-order valence-electron chi connectivity index (χ0n) is 15.5. The third-order valence-electron chi connectivity index (χ3n) is 4.76. The fourth-order valence-corrected chi connectivity index (χ4v) is 3.31. The van der Waals surface area contributed by atoms with Crippen molar-refractivity contribution in [1.29, 1.82) is 0 Å². The summed E-state index contributed by atoms with van der Waals surface area (Å²) in [5.41, 5.74) is 3.76. The Hall–Kier alpha value is -2.88. The van der Waals surface area contributed by atoms with Crippen molar-refractivity contribution in [3.05, 3.63) is 75.6 Å². The Kier molecular flexibility index (Phi) is 4.45. The van der Waals surface area contributed by atoms with Gasteiger partial charge in [0.05, 0.1) is 11.9 Å². The molecule has 0 aliphatic heterocycles. The summed E-state index contributed by atoms with van der Waals surface area (Å²) in [6.07, 6.45) is -0.282. The van der Waals surface area contributed by atoms with E-state index in [1.807, 2.05) is 35.8 Å². The first kappa shape index (κ1) is 17.9. The SMILES string of the molecule is Cc1c(CC(=O)O)c(=O)c2ccccc2n1-c1ccc(C(C)(C)C)cc1. The van der Waals surface area contributed by atoms with Gasteiger partial charge >= 0.3 is 5.97 Å². The van der Waals surface area contributed by atoms with Crippen molar-refractivity contribution in [3.63, 3.8) is 0 Å². The van der Waals surface area contributed by atoms with E-state index in [0.717, 1.165) is 11.2 Å². The second kappa shape index (κ2) is 6.45. The highest BCUT2D eigenvalue weighted by Crippen LogP contribution is 2.26. The zero-order chi connectivity index (χ0) is 19.1. The molecule has 4 heteroatoms. The van der Waals surface area contributed by atoms with Gasteiger partial charge in [0.2, 0.25) is 0 Å². The third-order valence-corrected chi connectivity index (χ3v) is 4.76. The molecule has 3 aromatic rings. The minimum absolute atomic E-state index is 0.0493. The molecular formula is C22H23NO3. The number of hydrogen-bond donors (Lipinski definition) is 1. The lowest BCUT2D eigenvalue weighted by Crippen LogP contribution is -2.21. The first-order chi connectivity index (χ1) is 12.2. The number of carbonyl (C=O) groups is 1. The van der Waals surface area contributed by atoms with Crippen LogP contribution in [0.2, 0.25) is 0 Å². The molecule has 0 fully saturated rings. The molecule has 0 atom stereocenters. The van der Waals surface area contributed by atoms with E-state index >= 15 is 0 Å². The van der Waals surface area contributed by atoms with Crippen LogP contribution in [0.5, 0.6) is 0 Å². The molecule has 0 radical (unpaired) electrons. The molecule has 2 aromatic carbocycles. The summed E-state index contributed by atoms with van der Waals surface area (Å²) >= 11 is 0. The molecule has 0 saturated heterocycles. The van der Waals surface area contributed by atoms with Gasteiger partial charge in [0.25, 0.3) is 0 Å². The molecule has 1 aromatic heterocycles. The highest BCUT2D eigenvalue weighted by atomic mass is 16.4. The van der Waals surface area contributed by atoms with Crippen LogP contribution < -0.4 is 5.43 Å². The molecule has 0 spiro atoms. The van der Waals surface area contributed by atoms with Crippen LogP contribution in [0, 0.1) is 6.92 Å². The van der Waals surface area contributed by atoms with Crippen LogP contribution in [0.4, 0.5) is 0 Å². The van der Waals surface area contributed by atoms with Gasteiger partial charge in [0.1, 0.15) is 0 Å². The number of para-hydroxylation sites is 1. The molecule has 0 amide bonds. The van der Waals surface area contributed by atoms with Crippen molar-refractivity contribution in [2.24, 2.45) is 0 Å². The number of benzene rings is 2. The normalized spacial score (nSPS) is 11.7. The second-order valence-electron chi connectivity index (χ2n) is 7.61. The Bertz CT molecular complexity index is 1040. The summed E-state index contributed by atoms with van der Waals surface area (Å²) in [6.45, 7) is 8.29. The monoisotopic (exact) mass is 349 g/mol. The molecule has 1 heterocycles. The smallest absolute Gasteiger partial charge is 0.308 e. The quantitative estimate of drug-likeness (QED) is 0.770. The lowest BCUT2D eigenvalue weighted by atomic mass is 9.87. The van der Waals surface area contributed by atoms with E-state index in [4.69, 9.17) is 0 Å². The average molecular weight is 349 g/mol. The van der Waals surface area contributed by atoms with Gasteiger partial charge in [0.15, 0.2) is 5.43 Å². The Labute approximate surface area is 152 Å². The van der Waals surface area contributed by atoms with Crippen molar-refractivity contribution in [3.8, 4) is 5.69 Å². The van der Waals surface area contributed by atoms with E-state index in [1.54, 1.807) is 12.1 Å². The number of rotatable bonds is 3. The van der Waals surface area contributed by atoms with Gasteiger partial charge < -0.3 is 9.67 Å². The number of hydrogen-bond acceptors (Lipinski definition) is 2. The highest BCUT2D eigenvalue weighted by Gasteiger charge is 2.18. The van der Waals surface area contributed by atoms with Crippen molar-refractivity contribution in [1.82, 2.24) is 4.57 Å². The van der Waals surface area contributed by atoms with Crippen LogP contribution in [-0.4, -0.2) is 15.6 Å². The predicted molar refractivity (Wildman–Crippen MR) is 104 cm³/mol. The number of pyridine rings is 1. The summed E-state index contributed by atoms with van der Waals surface area (Å²) in [4.78, 5) is 24.0. The standard InChI is InChI=1S/C22H23NO3/c1-14-18(13-20(24)25)21(26)17-7-5-6-8-19(17)23(14)16-11-9-15(10-12-16)22(2,3)4/h5-12H,13H2,1-4H3,(H,24,25). The Morgan fingerprint density at radius 3 is 2.23 bits per heavy atom. The summed E-state index contributed by atoms with van der Waals surface area (Å²) in [5, 5.41) is 9.76. The van der Waals surface area contributed by atoms with E-state index in [2.05, 4.69) is 32.9 Å². The lowest BCUT2D eigenvalue weighted by Gasteiger charge is -2.21. The van der Waals surface area contributed by atoms with Gasteiger partial charge in [-0.3, -0.25) is 9.59 Å². The maximum atomic E-state index is 12.8. The molecule has 134 valence electrons. The van der Waals surface area contributed by atoms with Crippen LogP contribution in [0.1, 0.15) is 37.6 Å². The van der Waals surface area contributed by atoms with Crippen molar-refractivity contribution >= 4 is 16.9 Å². The van der Waals surface area contributed by atoms with Crippen molar-refractivity contribution in [2.75, 3.05) is 0 Å². The Morgan fingerprint density at radius 1 is 1.04 bits per heavy atom.